The summed E-state index contributed by atoms with van der Waals surface area (Å²) in [6, 6.07) is 4.18. The van der Waals surface area contributed by atoms with Gasteiger partial charge in [-0.1, -0.05) is 45.4 Å². The fourth-order valence-electron chi connectivity index (χ4n) is 7.08. The topological polar surface area (TPSA) is 107 Å². The molecule has 2 amide bonds. The van der Waals surface area contributed by atoms with Gasteiger partial charge in [0.05, 0.1) is 24.2 Å². The normalized spacial score (nSPS) is 31.8. The largest absolute Gasteiger partial charge is 0.481 e. The molecular weight excluding hydrogens is 472 g/mol. The fourth-order valence-corrected chi connectivity index (χ4v) is 7.08. The highest BCUT2D eigenvalue weighted by Crippen LogP contribution is 2.64. The number of aliphatic hydroxyl groups is 1. The highest BCUT2D eigenvalue weighted by molar-refractivity contribution is 6.05. The number of likely N-dealkylation sites (tertiary alicyclic amines) is 1. The number of carboxylic acid groups (broad SMARTS) is 1. The number of aryl methyl sites for hydroxylation is 2. The number of aliphatic hydroxyl groups excluding tert-OH is 1. The number of carboxylic acids is 1. The van der Waals surface area contributed by atoms with Crippen LogP contribution in [0.2, 0.25) is 0 Å². The standard InChI is InChI=1S/C29H40N2O6/c1-7-14-30(20-15-17(4)10-11-19(20)6)26(34)24-29-13-12-28(9-3,37-29)23(27(35)36)22(29)25(33)31(24)21(16-32)18(5)8-2/h7,10-11,15,18,21-24,32H,1,8-9,12-14,16H2,2-6H3,(H,35,36)/t18-,21-,22-,23-,24?,28+,29?/m0/s1. The van der Waals surface area contributed by atoms with Gasteiger partial charge in [-0.25, -0.2) is 0 Å². The fraction of sp³-hybridized carbons (Fsp3) is 0.621. The number of benzene rings is 1. The minimum atomic E-state index is -1.26. The lowest BCUT2D eigenvalue weighted by molar-refractivity contribution is -0.158. The van der Waals surface area contributed by atoms with Gasteiger partial charge in [0.25, 0.3) is 5.91 Å². The lowest BCUT2D eigenvalue weighted by Gasteiger charge is -2.41. The molecule has 4 rings (SSSR count). The number of amides is 2. The molecule has 3 aliphatic rings. The molecule has 8 nitrogen and oxygen atoms in total. The van der Waals surface area contributed by atoms with Crippen LogP contribution in [-0.4, -0.2) is 69.3 Å². The molecule has 0 aromatic heterocycles. The Morgan fingerprint density at radius 1 is 1.30 bits per heavy atom. The average Bonchev–Trinajstić information content (AvgIpc) is 3.48. The van der Waals surface area contributed by atoms with Crippen LogP contribution in [0, 0.1) is 31.6 Å². The highest BCUT2D eigenvalue weighted by atomic mass is 16.5. The predicted octanol–water partition coefficient (Wildman–Crippen LogP) is 3.47. The third kappa shape index (κ3) is 3.91. The number of rotatable bonds is 10. The SMILES string of the molecule is C=CCN(C(=O)C1N([C@@H](CO)[C@@H](C)CC)C(=O)[C@@H]2[C@@H](C(=O)O)[C@@]3(CC)CCC12O3)c1cc(C)ccc1C. The molecule has 2 bridgehead atoms. The molecule has 202 valence electrons. The first-order chi connectivity index (χ1) is 17.5. The Hall–Kier alpha value is -2.71. The maximum absolute atomic E-state index is 14.7. The van der Waals surface area contributed by atoms with Crippen LogP contribution >= 0.6 is 0 Å². The highest BCUT2D eigenvalue weighted by Gasteiger charge is 2.79. The first-order valence-electron chi connectivity index (χ1n) is 13.4. The third-order valence-corrected chi connectivity index (χ3v) is 9.20. The Labute approximate surface area is 219 Å². The van der Waals surface area contributed by atoms with Crippen molar-refractivity contribution in [1.29, 1.82) is 0 Å². The van der Waals surface area contributed by atoms with Crippen molar-refractivity contribution in [3.05, 3.63) is 42.0 Å². The number of fused-ring (bicyclic) bond motifs is 1. The van der Waals surface area contributed by atoms with Gasteiger partial charge in [-0.2, -0.15) is 0 Å². The van der Waals surface area contributed by atoms with Crippen molar-refractivity contribution in [3.63, 3.8) is 0 Å². The van der Waals surface area contributed by atoms with Crippen molar-refractivity contribution in [1.82, 2.24) is 4.90 Å². The third-order valence-electron chi connectivity index (χ3n) is 9.20. The van der Waals surface area contributed by atoms with Gasteiger partial charge in [-0.15, -0.1) is 6.58 Å². The lowest BCUT2D eigenvalue weighted by Crippen LogP contribution is -2.60. The van der Waals surface area contributed by atoms with Gasteiger partial charge < -0.3 is 24.7 Å². The maximum atomic E-state index is 14.7. The van der Waals surface area contributed by atoms with E-state index in [0.29, 0.717) is 31.4 Å². The second-order valence-electron chi connectivity index (χ2n) is 11.1. The molecule has 1 aromatic carbocycles. The Morgan fingerprint density at radius 3 is 2.57 bits per heavy atom. The summed E-state index contributed by atoms with van der Waals surface area (Å²) in [5, 5.41) is 20.7. The lowest BCUT2D eigenvalue weighted by atomic mass is 9.65. The van der Waals surface area contributed by atoms with Gasteiger partial charge in [-0.3, -0.25) is 14.4 Å². The van der Waals surface area contributed by atoms with Gasteiger partial charge >= 0.3 is 5.97 Å². The maximum Gasteiger partial charge on any atom is 0.310 e. The second-order valence-corrected chi connectivity index (χ2v) is 11.1. The van der Waals surface area contributed by atoms with Crippen LogP contribution in [0.4, 0.5) is 5.69 Å². The van der Waals surface area contributed by atoms with Crippen molar-refractivity contribution in [3.8, 4) is 0 Å². The number of ether oxygens (including phenoxy) is 1. The van der Waals surface area contributed by atoms with E-state index < -0.39 is 47.0 Å². The predicted molar refractivity (Wildman–Crippen MR) is 140 cm³/mol. The molecule has 3 heterocycles. The zero-order valence-electron chi connectivity index (χ0n) is 22.6. The van der Waals surface area contributed by atoms with Crippen LogP contribution in [0.3, 0.4) is 0 Å². The van der Waals surface area contributed by atoms with E-state index in [-0.39, 0.29) is 25.0 Å². The molecule has 8 heteroatoms. The molecule has 3 aliphatic heterocycles. The first kappa shape index (κ1) is 27.3. The van der Waals surface area contributed by atoms with Gasteiger partial charge in [-0.05, 0) is 56.2 Å². The smallest absolute Gasteiger partial charge is 0.310 e. The van der Waals surface area contributed by atoms with Crippen LogP contribution in [-0.2, 0) is 19.1 Å². The number of hydrogen-bond donors (Lipinski definition) is 2. The Balaban J connectivity index is 1.91. The van der Waals surface area contributed by atoms with Crippen LogP contribution in [0.1, 0.15) is 57.6 Å². The molecule has 37 heavy (non-hydrogen) atoms. The van der Waals surface area contributed by atoms with Crippen molar-refractivity contribution in [2.75, 3.05) is 18.1 Å². The van der Waals surface area contributed by atoms with Crippen LogP contribution in [0.15, 0.2) is 30.9 Å². The average molecular weight is 513 g/mol. The van der Waals surface area contributed by atoms with Gasteiger partial charge in [0.1, 0.15) is 17.6 Å². The molecule has 2 unspecified atom stereocenters. The summed E-state index contributed by atoms with van der Waals surface area (Å²) in [6.45, 7) is 13.4. The van der Waals surface area contributed by atoms with E-state index in [1.807, 2.05) is 52.8 Å². The van der Waals surface area contributed by atoms with Crippen molar-refractivity contribution in [2.24, 2.45) is 17.8 Å². The molecule has 0 saturated carbocycles. The van der Waals surface area contributed by atoms with E-state index in [2.05, 4.69) is 6.58 Å². The summed E-state index contributed by atoms with van der Waals surface area (Å²) < 4.78 is 6.66. The summed E-state index contributed by atoms with van der Waals surface area (Å²) in [4.78, 5) is 44.6. The van der Waals surface area contributed by atoms with Crippen molar-refractivity contribution in [2.45, 2.75) is 83.6 Å². The molecule has 3 fully saturated rings. The van der Waals surface area contributed by atoms with Crippen LogP contribution in [0.25, 0.3) is 0 Å². The van der Waals surface area contributed by atoms with Crippen LogP contribution in [0.5, 0.6) is 0 Å². The van der Waals surface area contributed by atoms with E-state index in [9.17, 15) is 24.6 Å². The molecule has 2 N–H and O–H groups in total. The minimum absolute atomic E-state index is 0.103. The minimum Gasteiger partial charge on any atom is -0.481 e. The Morgan fingerprint density at radius 2 is 2.00 bits per heavy atom. The van der Waals surface area contributed by atoms with E-state index in [4.69, 9.17) is 4.74 Å². The van der Waals surface area contributed by atoms with Crippen LogP contribution < -0.4 is 4.90 Å². The molecule has 0 aliphatic carbocycles. The van der Waals surface area contributed by atoms with Crippen molar-refractivity contribution >= 4 is 23.5 Å². The quantitative estimate of drug-likeness (QED) is 0.465. The summed E-state index contributed by atoms with van der Waals surface area (Å²) in [6.07, 6.45) is 3.66. The second kappa shape index (κ2) is 9.87. The van der Waals surface area contributed by atoms with Gasteiger partial charge in [0.2, 0.25) is 5.91 Å². The molecule has 0 radical (unpaired) electrons. The molecule has 3 saturated heterocycles. The zero-order valence-corrected chi connectivity index (χ0v) is 22.6. The summed E-state index contributed by atoms with van der Waals surface area (Å²) >= 11 is 0. The molecule has 7 atom stereocenters. The number of carbonyl (C=O) groups is 3. The number of anilines is 1. The zero-order chi connectivity index (χ0) is 27.3. The molecule has 1 spiro atoms. The van der Waals surface area contributed by atoms with E-state index in [1.165, 1.54) is 4.90 Å². The number of aliphatic carboxylic acids is 1. The monoisotopic (exact) mass is 512 g/mol. The molecular formula is C29H40N2O6. The Kier molecular flexibility index (Phi) is 7.29. The van der Waals surface area contributed by atoms with Crippen molar-refractivity contribution < 1.29 is 29.3 Å². The molecule has 1 aromatic rings. The van der Waals surface area contributed by atoms with E-state index >= 15 is 0 Å². The summed E-state index contributed by atoms with van der Waals surface area (Å²) in [5.74, 6) is -3.92. The van der Waals surface area contributed by atoms with E-state index in [1.54, 1.807) is 11.0 Å². The number of hydrogen-bond acceptors (Lipinski definition) is 5. The summed E-state index contributed by atoms with van der Waals surface area (Å²) in [5.41, 5.74) is 0.361. The number of carbonyl (C=O) groups excluding carboxylic acids is 2. The first-order valence-corrected chi connectivity index (χ1v) is 13.4. The van der Waals surface area contributed by atoms with Gasteiger partial charge in [0.15, 0.2) is 0 Å². The Bertz CT molecular complexity index is 1100. The number of nitrogens with zero attached hydrogens (tertiary/aromatic N) is 2. The summed E-state index contributed by atoms with van der Waals surface area (Å²) in [7, 11) is 0. The van der Waals surface area contributed by atoms with E-state index in [0.717, 1.165) is 11.1 Å². The van der Waals surface area contributed by atoms with Gasteiger partial charge in [0, 0.05) is 12.2 Å².